The van der Waals surface area contributed by atoms with Crippen LogP contribution in [0.3, 0.4) is 0 Å². The van der Waals surface area contributed by atoms with E-state index in [1.165, 1.54) is 11.1 Å². The monoisotopic (exact) mass is 359 g/mol. The van der Waals surface area contributed by atoms with Gasteiger partial charge in [-0.15, -0.1) is 0 Å². The van der Waals surface area contributed by atoms with Gasteiger partial charge in [0.15, 0.2) is 0 Å². The van der Waals surface area contributed by atoms with Gasteiger partial charge < -0.3 is 10.0 Å². The fourth-order valence-corrected chi connectivity index (χ4v) is 4.92. The third kappa shape index (κ3) is 3.43. The van der Waals surface area contributed by atoms with Crippen LogP contribution in [0.4, 0.5) is 0 Å². The Morgan fingerprint density at radius 1 is 1.19 bits per heavy atom. The molecule has 2 fully saturated rings. The van der Waals surface area contributed by atoms with Crippen LogP contribution < -0.4 is 5.56 Å². The van der Waals surface area contributed by atoms with E-state index >= 15 is 0 Å². The molecule has 0 unspecified atom stereocenters. The van der Waals surface area contributed by atoms with Crippen LogP contribution in [0.5, 0.6) is 0 Å². The molecule has 1 amide bonds. The lowest BCUT2D eigenvalue weighted by Gasteiger charge is -2.47. The Balaban J connectivity index is 1.47. The third-order valence-electron chi connectivity index (χ3n) is 6.59. The highest BCUT2D eigenvalue weighted by molar-refractivity contribution is 5.76. The standard InChI is InChI=1S/C20H29N3O3/c24-18-12-15-6-2-1-3-8-17(15)21-23(18)14-19(25)22-11-10-20(26)9-5-4-7-16(20)13-22/h12,16,26H,1-11,13-14H2/t16-,20+/m0/s1. The summed E-state index contributed by atoms with van der Waals surface area (Å²) >= 11 is 0. The van der Waals surface area contributed by atoms with E-state index in [1.54, 1.807) is 6.07 Å². The highest BCUT2D eigenvalue weighted by Crippen LogP contribution is 2.39. The Labute approximate surface area is 154 Å². The van der Waals surface area contributed by atoms with Gasteiger partial charge in [0.2, 0.25) is 5.91 Å². The number of rotatable bonds is 2. The van der Waals surface area contributed by atoms with E-state index in [2.05, 4.69) is 5.10 Å². The van der Waals surface area contributed by atoms with Gasteiger partial charge in [-0.05, 0) is 50.5 Å². The van der Waals surface area contributed by atoms with Crippen molar-refractivity contribution in [1.29, 1.82) is 0 Å². The quantitative estimate of drug-likeness (QED) is 0.815. The second-order valence-electron chi connectivity index (χ2n) is 8.31. The van der Waals surface area contributed by atoms with Crippen LogP contribution in [-0.2, 0) is 24.2 Å². The molecule has 4 rings (SSSR count). The van der Waals surface area contributed by atoms with Gasteiger partial charge in [0.05, 0.1) is 11.3 Å². The van der Waals surface area contributed by atoms with Crippen molar-refractivity contribution in [2.75, 3.05) is 13.1 Å². The van der Waals surface area contributed by atoms with Crippen molar-refractivity contribution in [3.8, 4) is 0 Å². The molecule has 3 aliphatic rings. The molecule has 1 aliphatic heterocycles. The first-order valence-corrected chi connectivity index (χ1v) is 10.2. The Bertz CT molecular complexity index is 744. The van der Waals surface area contributed by atoms with Crippen LogP contribution in [0.15, 0.2) is 10.9 Å². The first-order valence-electron chi connectivity index (χ1n) is 10.2. The molecule has 2 atom stereocenters. The van der Waals surface area contributed by atoms with E-state index < -0.39 is 5.60 Å². The minimum Gasteiger partial charge on any atom is -0.389 e. The van der Waals surface area contributed by atoms with Crippen LogP contribution in [0.2, 0.25) is 0 Å². The molecule has 0 aromatic carbocycles. The molecule has 0 radical (unpaired) electrons. The maximum Gasteiger partial charge on any atom is 0.267 e. The smallest absolute Gasteiger partial charge is 0.267 e. The molecule has 1 aromatic rings. The molecule has 0 spiro atoms. The van der Waals surface area contributed by atoms with Crippen LogP contribution in [0.25, 0.3) is 0 Å². The second kappa shape index (κ2) is 7.14. The predicted molar refractivity (Wildman–Crippen MR) is 97.9 cm³/mol. The van der Waals surface area contributed by atoms with Crippen LogP contribution in [-0.4, -0.2) is 44.4 Å². The van der Waals surface area contributed by atoms with Crippen LogP contribution in [0.1, 0.15) is 62.6 Å². The summed E-state index contributed by atoms with van der Waals surface area (Å²) < 4.78 is 1.34. The molecule has 1 saturated heterocycles. The molecule has 2 heterocycles. The number of carbonyl (C=O) groups excluding carboxylic acids is 1. The molecule has 2 aliphatic carbocycles. The summed E-state index contributed by atoms with van der Waals surface area (Å²) in [6, 6.07) is 1.68. The summed E-state index contributed by atoms with van der Waals surface area (Å²) in [6.45, 7) is 1.19. The Morgan fingerprint density at radius 2 is 2.04 bits per heavy atom. The SMILES string of the molecule is O=C(Cn1nc2c(cc1=O)CCCCC2)N1CC[C@]2(O)CCCC[C@H]2C1. The molecule has 0 bridgehead atoms. The van der Waals surface area contributed by atoms with E-state index in [4.69, 9.17) is 0 Å². The molecular formula is C20H29N3O3. The number of piperidine rings is 1. The summed E-state index contributed by atoms with van der Waals surface area (Å²) in [5.74, 6) is 0.117. The third-order valence-corrected chi connectivity index (χ3v) is 6.59. The number of aryl methyl sites for hydroxylation is 2. The fourth-order valence-electron chi connectivity index (χ4n) is 4.92. The highest BCUT2D eigenvalue weighted by atomic mass is 16.3. The van der Waals surface area contributed by atoms with Gasteiger partial charge >= 0.3 is 0 Å². The number of aliphatic hydroxyl groups is 1. The van der Waals surface area contributed by atoms with Crippen molar-refractivity contribution < 1.29 is 9.90 Å². The summed E-state index contributed by atoms with van der Waals surface area (Å²) in [6.07, 6.45) is 9.87. The zero-order valence-electron chi connectivity index (χ0n) is 15.5. The molecule has 142 valence electrons. The minimum absolute atomic E-state index is 0.0112. The number of nitrogens with zero attached hydrogens (tertiary/aromatic N) is 3. The Kier molecular flexibility index (Phi) is 4.86. The summed E-state index contributed by atoms with van der Waals surface area (Å²) in [5, 5.41) is 15.3. The molecule has 1 aromatic heterocycles. The minimum atomic E-state index is -0.589. The Morgan fingerprint density at radius 3 is 2.92 bits per heavy atom. The zero-order chi connectivity index (χ0) is 18.1. The van der Waals surface area contributed by atoms with E-state index in [9.17, 15) is 14.7 Å². The lowest BCUT2D eigenvalue weighted by molar-refractivity contribution is -0.144. The number of amides is 1. The van der Waals surface area contributed by atoms with Crippen molar-refractivity contribution in [3.63, 3.8) is 0 Å². The maximum absolute atomic E-state index is 12.8. The van der Waals surface area contributed by atoms with Crippen molar-refractivity contribution in [1.82, 2.24) is 14.7 Å². The summed E-state index contributed by atoms with van der Waals surface area (Å²) in [4.78, 5) is 27.0. The number of carbonyl (C=O) groups is 1. The zero-order valence-corrected chi connectivity index (χ0v) is 15.5. The summed E-state index contributed by atoms with van der Waals surface area (Å²) in [5.41, 5.74) is 1.27. The van der Waals surface area contributed by atoms with E-state index in [0.717, 1.165) is 62.6 Å². The van der Waals surface area contributed by atoms with Crippen molar-refractivity contribution in [2.24, 2.45) is 5.92 Å². The van der Waals surface area contributed by atoms with Gasteiger partial charge in [-0.3, -0.25) is 9.59 Å². The molecular weight excluding hydrogens is 330 g/mol. The maximum atomic E-state index is 12.8. The van der Waals surface area contributed by atoms with Crippen LogP contribution in [0, 0.1) is 5.92 Å². The molecule has 6 heteroatoms. The highest BCUT2D eigenvalue weighted by Gasteiger charge is 2.43. The second-order valence-corrected chi connectivity index (χ2v) is 8.31. The first kappa shape index (κ1) is 17.7. The van der Waals surface area contributed by atoms with Gasteiger partial charge in [-0.25, -0.2) is 4.68 Å². The lowest BCUT2D eigenvalue weighted by atomic mass is 9.71. The number of hydrogen-bond acceptors (Lipinski definition) is 4. The molecule has 1 N–H and O–H groups in total. The largest absolute Gasteiger partial charge is 0.389 e. The van der Waals surface area contributed by atoms with Gasteiger partial charge in [-0.1, -0.05) is 19.3 Å². The van der Waals surface area contributed by atoms with Crippen molar-refractivity contribution >= 4 is 5.91 Å². The molecule has 26 heavy (non-hydrogen) atoms. The Hall–Kier alpha value is -1.69. The normalized spacial score (nSPS) is 28.8. The number of fused-ring (bicyclic) bond motifs is 2. The summed E-state index contributed by atoms with van der Waals surface area (Å²) in [7, 11) is 0. The van der Waals surface area contributed by atoms with Crippen LogP contribution >= 0.6 is 0 Å². The predicted octanol–water partition coefficient (Wildman–Crippen LogP) is 1.67. The van der Waals surface area contributed by atoms with E-state index in [0.29, 0.717) is 19.5 Å². The molecule has 6 nitrogen and oxygen atoms in total. The first-order chi connectivity index (χ1) is 12.5. The number of likely N-dealkylation sites (tertiary alicyclic amines) is 1. The lowest BCUT2D eigenvalue weighted by Crippen LogP contribution is -2.55. The van der Waals surface area contributed by atoms with E-state index in [-0.39, 0.29) is 23.9 Å². The van der Waals surface area contributed by atoms with Gasteiger partial charge in [0, 0.05) is 25.1 Å². The average molecular weight is 359 g/mol. The topological polar surface area (TPSA) is 75.4 Å². The molecule has 1 saturated carbocycles. The fraction of sp³-hybridized carbons (Fsp3) is 0.750. The van der Waals surface area contributed by atoms with Gasteiger partial charge in [0.1, 0.15) is 6.54 Å². The van der Waals surface area contributed by atoms with E-state index in [1.807, 2.05) is 4.90 Å². The number of aromatic nitrogens is 2. The van der Waals surface area contributed by atoms with Gasteiger partial charge in [-0.2, -0.15) is 5.10 Å². The average Bonchev–Trinajstić information content (AvgIpc) is 2.86. The van der Waals surface area contributed by atoms with Crippen molar-refractivity contribution in [2.45, 2.75) is 76.4 Å². The van der Waals surface area contributed by atoms with Crippen molar-refractivity contribution in [3.05, 3.63) is 27.7 Å². The van der Waals surface area contributed by atoms with Gasteiger partial charge in [0.25, 0.3) is 5.56 Å². The number of hydrogen-bond donors (Lipinski definition) is 1.